The fourth-order valence-corrected chi connectivity index (χ4v) is 4.33. The van der Waals surface area contributed by atoms with Gasteiger partial charge in [0.2, 0.25) is 5.91 Å². The van der Waals surface area contributed by atoms with Crippen LogP contribution in [0.25, 0.3) is 0 Å². The standard InChI is InChI=1S/C18H20N2O4S2/c1-12-7-8-13(26(2,23)24)11-14(12)19-17(21)15-5-3-9-20(15)18(22)16-6-4-10-25-16/h4,6-8,10-11,15H,3,5,9H2,1-2H3,(H,19,21)/t15-/m0/s1. The van der Waals surface area contributed by atoms with Gasteiger partial charge >= 0.3 is 0 Å². The van der Waals surface area contributed by atoms with Crippen molar-refractivity contribution in [2.45, 2.75) is 30.7 Å². The number of thiophene rings is 1. The molecule has 1 aliphatic rings. The number of nitrogens with one attached hydrogen (secondary N) is 1. The van der Waals surface area contributed by atoms with E-state index < -0.39 is 15.9 Å². The molecule has 1 aliphatic heterocycles. The van der Waals surface area contributed by atoms with Gasteiger partial charge in [-0.15, -0.1) is 11.3 Å². The number of nitrogens with zero attached hydrogens (tertiary/aromatic N) is 1. The lowest BCUT2D eigenvalue weighted by molar-refractivity contribution is -0.119. The molecule has 1 aromatic heterocycles. The van der Waals surface area contributed by atoms with Gasteiger partial charge in [-0.25, -0.2) is 8.42 Å². The van der Waals surface area contributed by atoms with Crippen molar-refractivity contribution in [3.8, 4) is 0 Å². The number of amides is 2. The molecule has 0 bridgehead atoms. The van der Waals surface area contributed by atoms with Gasteiger partial charge in [-0.2, -0.15) is 0 Å². The molecule has 2 amide bonds. The predicted molar refractivity (Wildman–Crippen MR) is 101 cm³/mol. The zero-order valence-corrected chi connectivity index (χ0v) is 16.2. The molecule has 26 heavy (non-hydrogen) atoms. The molecule has 6 nitrogen and oxygen atoms in total. The quantitative estimate of drug-likeness (QED) is 0.867. The van der Waals surface area contributed by atoms with Crippen LogP contribution in [0.4, 0.5) is 5.69 Å². The molecule has 0 radical (unpaired) electrons. The van der Waals surface area contributed by atoms with E-state index in [4.69, 9.17) is 0 Å². The van der Waals surface area contributed by atoms with Crippen LogP contribution in [0.15, 0.2) is 40.6 Å². The highest BCUT2D eigenvalue weighted by atomic mass is 32.2. The molecule has 8 heteroatoms. The van der Waals surface area contributed by atoms with Gasteiger partial charge in [0.1, 0.15) is 6.04 Å². The third kappa shape index (κ3) is 3.81. The first-order valence-corrected chi connectivity index (χ1v) is 11.0. The molecule has 1 aromatic carbocycles. The molecular formula is C18H20N2O4S2. The number of rotatable bonds is 4. The molecule has 2 heterocycles. The largest absolute Gasteiger partial charge is 0.326 e. The van der Waals surface area contributed by atoms with E-state index in [0.29, 0.717) is 23.5 Å². The fraction of sp³-hybridized carbons (Fsp3) is 0.333. The Morgan fingerprint density at radius 3 is 2.69 bits per heavy atom. The first-order chi connectivity index (χ1) is 12.3. The Labute approximate surface area is 156 Å². The van der Waals surface area contributed by atoms with Crippen LogP contribution in [0.3, 0.4) is 0 Å². The van der Waals surface area contributed by atoms with Gasteiger partial charge in [0.05, 0.1) is 9.77 Å². The van der Waals surface area contributed by atoms with Crippen molar-refractivity contribution in [2.75, 3.05) is 18.1 Å². The normalized spacial score (nSPS) is 17.3. The van der Waals surface area contributed by atoms with E-state index in [1.54, 1.807) is 24.0 Å². The number of carbonyl (C=O) groups excluding carboxylic acids is 2. The minimum absolute atomic E-state index is 0.140. The summed E-state index contributed by atoms with van der Waals surface area (Å²) >= 11 is 1.35. The second kappa shape index (κ2) is 7.20. The van der Waals surface area contributed by atoms with Gasteiger partial charge < -0.3 is 10.2 Å². The van der Waals surface area contributed by atoms with Crippen molar-refractivity contribution in [3.05, 3.63) is 46.2 Å². The van der Waals surface area contributed by atoms with Gasteiger partial charge in [0.15, 0.2) is 9.84 Å². The van der Waals surface area contributed by atoms with Crippen LogP contribution in [0.1, 0.15) is 28.1 Å². The number of aryl methyl sites for hydroxylation is 1. The van der Waals surface area contributed by atoms with Crippen molar-refractivity contribution in [2.24, 2.45) is 0 Å². The number of likely N-dealkylation sites (tertiary alicyclic amines) is 1. The number of sulfone groups is 1. The number of hydrogen-bond donors (Lipinski definition) is 1. The predicted octanol–water partition coefficient (Wildman–Crippen LogP) is 2.70. The Bertz CT molecular complexity index is 936. The Hall–Kier alpha value is -2.19. The number of carbonyl (C=O) groups is 2. The maximum absolute atomic E-state index is 12.8. The van der Waals surface area contributed by atoms with Gasteiger partial charge in [-0.3, -0.25) is 9.59 Å². The van der Waals surface area contributed by atoms with Crippen molar-refractivity contribution < 1.29 is 18.0 Å². The average Bonchev–Trinajstić information content (AvgIpc) is 3.26. The Balaban J connectivity index is 1.80. The fourth-order valence-electron chi connectivity index (χ4n) is 3.01. The Morgan fingerprint density at radius 1 is 1.27 bits per heavy atom. The second-order valence-corrected chi connectivity index (χ2v) is 9.34. The molecule has 138 valence electrons. The van der Waals surface area contributed by atoms with Crippen molar-refractivity contribution >= 4 is 38.7 Å². The highest BCUT2D eigenvalue weighted by Crippen LogP contribution is 2.25. The molecule has 2 aromatic rings. The molecular weight excluding hydrogens is 372 g/mol. The molecule has 0 spiro atoms. The first-order valence-electron chi connectivity index (χ1n) is 8.23. The summed E-state index contributed by atoms with van der Waals surface area (Å²) in [7, 11) is -3.37. The third-order valence-electron chi connectivity index (χ3n) is 4.44. The minimum Gasteiger partial charge on any atom is -0.326 e. The zero-order valence-electron chi connectivity index (χ0n) is 14.6. The number of hydrogen-bond acceptors (Lipinski definition) is 5. The highest BCUT2D eigenvalue weighted by molar-refractivity contribution is 7.90. The highest BCUT2D eigenvalue weighted by Gasteiger charge is 2.35. The third-order valence-corrected chi connectivity index (χ3v) is 6.41. The van der Waals surface area contributed by atoms with Gasteiger partial charge in [-0.1, -0.05) is 12.1 Å². The van der Waals surface area contributed by atoms with Crippen molar-refractivity contribution in [3.63, 3.8) is 0 Å². The lowest BCUT2D eigenvalue weighted by Gasteiger charge is -2.24. The van der Waals surface area contributed by atoms with E-state index in [-0.39, 0.29) is 16.7 Å². The summed E-state index contributed by atoms with van der Waals surface area (Å²) in [5, 5.41) is 4.63. The van der Waals surface area contributed by atoms with Crippen LogP contribution >= 0.6 is 11.3 Å². The van der Waals surface area contributed by atoms with Crippen LogP contribution in [-0.4, -0.2) is 44.0 Å². The SMILES string of the molecule is Cc1ccc(S(C)(=O)=O)cc1NC(=O)[C@@H]1CCCN1C(=O)c1cccs1. The number of anilines is 1. The van der Waals surface area contributed by atoms with Crippen molar-refractivity contribution in [1.82, 2.24) is 4.90 Å². The van der Waals surface area contributed by atoms with Gasteiger partial charge in [0.25, 0.3) is 5.91 Å². The number of benzene rings is 1. The summed E-state index contributed by atoms with van der Waals surface area (Å²) < 4.78 is 23.5. The lowest BCUT2D eigenvalue weighted by atomic mass is 10.1. The summed E-state index contributed by atoms with van der Waals surface area (Å²) in [4.78, 5) is 27.7. The zero-order chi connectivity index (χ0) is 18.9. The molecule has 1 saturated heterocycles. The first kappa shape index (κ1) is 18.6. The van der Waals surface area contributed by atoms with E-state index in [2.05, 4.69) is 5.32 Å². The minimum atomic E-state index is -3.37. The van der Waals surface area contributed by atoms with Crippen molar-refractivity contribution in [1.29, 1.82) is 0 Å². The summed E-state index contributed by atoms with van der Waals surface area (Å²) in [5.41, 5.74) is 1.22. The summed E-state index contributed by atoms with van der Waals surface area (Å²) in [6.45, 7) is 2.34. The van der Waals surface area contributed by atoms with Crippen LogP contribution < -0.4 is 5.32 Å². The second-order valence-electron chi connectivity index (χ2n) is 6.37. The summed E-state index contributed by atoms with van der Waals surface area (Å²) in [5.74, 6) is -0.430. The lowest BCUT2D eigenvalue weighted by Crippen LogP contribution is -2.43. The van der Waals surface area contributed by atoms with E-state index in [0.717, 1.165) is 18.2 Å². The Kier molecular flexibility index (Phi) is 5.15. The maximum atomic E-state index is 12.8. The molecule has 1 atom stereocenters. The average molecular weight is 393 g/mol. The van der Waals surface area contributed by atoms with Crippen LogP contribution in [-0.2, 0) is 14.6 Å². The maximum Gasteiger partial charge on any atom is 0.264 e. The molecule has 0 aliphatic carbocycles. The van der Waals surface area contributed by atoms with E-state index >= 15 is 0 Å². The van der Waals surface area contributed by atoms with Crippen LogP contribution in [0, 0.1) is 6.92 Å². The van der Waals surface area contributed by atoms with E-state index in [9.17, 15) is 18.0 Å². The Morgan fingerprint density at radius 2 is 2.04 bits per heavy atom. The van der Waals surface area contributed by atoms with Crippen LogP contribution in [0.5, 0.6) is 0 Å². The molecule has 3 rings (SSSR count). The van der Waals surface area contributed by atoms with Gasteiger partial charge in [0, 0.05) is 18.5 Å². The molecule has 0 saturated carbocycles. The van der Waals surface area contributed by atoms with Crippen LogP contribution in [0.2, 0.25) is 0 Å². The van der Waals surface area contributed by atoms with E-state index in [1.807, 2.05) is 11.4 Å². The summed E-state index contributed by atoms with van der Waals surface area (Å²) in [6, 6.07) is 7.65. The smallest absolute Gasteiger partial charge is 0.264 e. The summed E-state index contributed by atoms with van der Waals surface area (Å²) in [6.07, 6.45) is 2.48. The molecule has 0 unspecified atom stereocenters. The molecule has 1 fully saturated rings. The monoisotopic (exact) mass is 392 g/mol. The molecule has 1 N–H and O–H groups in total. The van der Waals surface area contributed by atoms with E-state index in [1.165, 1.54) is 23.5 Å². The van der Waals surface area contributed by atoms with Gasteiger partial charge in [-0.05, 0) is 48.9 Å². The topological polar surface area (TPSA) is 83.6 Å².